The van der Waals surface area contributed by atoms with Gasteiger partial charge in [-0.2, -0.15) is 13.2 Å². The second-order valence-electron chi connectivity index (χ2n) is 3.79. The Morgan fingerprint density at radius 3 is 2.72 bits per heavy atom. The maximum absolute atomic E-state index is 12.0. The van der Waals surface area contributed by atoms with Gasteiger partial charge in [0.2, 0.25) is 0 Å². The molecule has 2 N–H and O–H groups in total. The Kier molecular flexibility index (Phi) is 3.27. The second kappa shape index (κ2) is 4.72. The zero-order valence-electron chi connectivity index (χ0n) is 9.37. The van der Waals surface area contributed by atoms with E-state index in [1.165, 1.54) is 0 Å². The first-order valence-electron chi connectivity index (χ1n) is 5.29. The van der Waals surface area contributed by atoms with Gasteiger partial charge in [-0.15, -0.1) is 0 Å². The average Bonchev–Trinajstić information content (AvgIpc) is 2.31. The number of hydrogen-bond acceptors (Lipinski definition) is 3. The highest BCUT2D eigenvalue weighted by atomic mass is 19.4. The Hall–Kier alpha value is -1.98. The number of anilines is 1. The maximum atomic E-state index is 12.0. The Labute approximate surface area is 101 Å². The van der Waals surface area contributed by atoms with Crippen molar-refractivity contribution >= 4 is 16.5 Å². The number of aromatic nitrogens is 1. The molecule has 2 rings (SSSR count). The molecule has 6 heteroatoms. The van der Waals surface area contributed by atoms with Gasteiger partial charge < -0.3 is 10.5 Å². The van der Waals surface area contributed by atoms with Gasteiger partial charge in [-0.05, 0) is 18.2 Å². The molecule has 0 unspecified atom stereocenters. The van der Waals surface area contributed by atoms with Gasteiger partial charge in [0.1, 0.15) is 5.75 Å². The van der Waals surface area contributed by atoms with Gasteiger partial charge in [-0.25, -0.2) is 0 Å². The van der Waals surface area contributed by atoms with Crippen LogP contribution in [-0.4, -0.2) is 17.8 Å². The summed E-state index contributed by atoms with van der Waals surface area (Å²) in [5.41, 5.74) is 6.17. The molecule has 1 aromatic carbocycles. The van der Waals surface area contributed by atoms with Gasteiger partial charge in [0.15, 0.2) is 0 Å². The summed E-state index contributed by atoms with van der Waals surface area (Å²) in [6.07, 6.45) is -2.03. The summed E-state index contributed by atoms with van der Waals surface area (Å²) in [5.74, 6) is 0.262. The van der Waals surface area contributed by atoms with Gasteiger partial charge >= 0.3 is 6.18 Å². The molecule has 0 saturated carbocycles. The molecule has 0 spiro atoms. The highest BCUT2D eigenvalue weighted by molar-refractivity contribution is 5.95. The number of ether oxygens (including phenoxy) is 1. The smallest absolute Gasteiger partial charge is 0.392 e. The van der Waals surface area contributed by atoms with Crippen molar-refractivity contribution in [2.24, 2.45) is 0 Å². The van der Waals surface area contributed by atoms with E-state index < -0.39 is 19.2 Å². The van der Waals surface area contributed by atoms with Gasteiger partial charge in [0.05, 0.1) is 18.7 Å². The molecule has 0 radical (unpaired) electrons. The van der Waals surface area contributed by atoms with Crippen LogP contribution in [0.15, 0.2) is 30.6 Å². The standard InChI is InChI=1S/C12H11F3N2O/c13-12(14,15)4-6-18-10-2-1-8-7-17-5-3-9(8)11(10)16/h1-3,5,7H,4,6,16H2. The van der Waals surface area contributed by atoms with Crippen LogP contribution in [0.1, 0.15) is 6.42 Å². The lowest BCUT2D eigenvalue weighted by atomic mass is 10.1. The first kappa shape index (κ1) is 12.5. The molecule has 18 heavy (non-hydrogen) atoms. The molecule has 0 aliphatic rings. The average molecular weight is 256 g/mol. The molecule has 0 fully saturated rings. The molecule has 0 atom stereocenters. The molecule has 0 saturated heterocycles. The van der Waals surface area contributed by atoms with E-state index in [-0.39, 0.29) is 5.75 Å². The van der Waals surface area contributed by atoms with Crippen LogP contribution in [0.3, 0.4) is 0 Å². The predicted octanol–water partition coefficient (Wildman–Crippen LogP) is 3.15. The van der Waals surface area contributed by atoms with Crippen molar-refractivity contribution in [2.45, 2.75) is 12.6 Å². The summed E-state index contributed by atoms with van der Waals surface area (Å²) >= 11 is 0. The van der Waals surface area contributed by atoms with E-state index in [9.17, 15) is 13.2 Å². The maximum Gasteiger partial charge on any atom is 0.392 e. The van der Waals surface area contributed by atoms with E-state index in [2.05, 4.69) is 4.98 Å². The first-order chi connectivity index (χ1) is 8.47. The third-order valence-electron chi connectivity index (χ3n) is 2.46. The van der Waals surface area contributed by atoms with Gasteiger partial charge in [0, 0.05) is 23.2 Å². The number of nitrogens with two attached hydrogens (primary N) is 1. The van der Waals surface area contributed by atoms with Crippen molar-refractivity contribution in [3.8, 4) is 5.75 Å². The normalized spacial score (nSPS) is 11.7. The molecule has 0 bridgehead atoms. The molecule has 0 aliphatic heterocycles. The molecule has 1 heterocycles. The number of halogens is 3. The van der Waals surface area contributed by atoms with E-state index >= 15 is 0 Å². The van der Waals surface area contributed by atoms with Crippen LogP contribution in [0.25, 0.3) is 10.8 Å². The number of rotatable bonds is 3. The third-order valence-corrected chi connectivity index (χ3v) is 2.46. The molecular formula is C12H11F3N2O. The van der Waals surface area contributed by atoms with Crippen molar-refractivity contribution in [2.75, 3.05) is 12.3 Å². The molecule has 3 nitrogen and oxygen atoms in total. The number of alkyl halides is 3. The van der Waals surface area contributed by atoms with Crippen molar-refractivity contribution in [1.82, 2.24) is 4.98 Å². The van der Waals surface area contributed by atoms with E-state index in [0.29, 0.717) is 5.69 Å². The van der Waals surface area contributed by atoms with Crippen LogP contribution in [0, 0.1) is 0 Å². The largest absolute Gasteiger partial charge is 0.491 e. The lowest BCUT2D eigenvalue weighted by Crippen LogP contribution is -2.13. The minimum Gasteiger partial charge on any atom is -0.491 e. The summed E-state index contributed by atoms with van der Waals surface area (Å²) in [5, 5.41) is 1.53. The summed E-state index contributed by atoms with van der Waals surface area (Å²) in [4.78, 5) is 3.93. The highest BCUT2D eigenvalue weighted by Crippen LogP contribution is 2.30. The number of fused-ring (bicyclic) bond motifs is 1. The number of nitrogens with zero attached hydrogens (tertiary/aromatic N) is 1. The van der Waals surface area contributed by atoms with Crippen LogP contribution < -0.4 is 10.5 Å². The van der Waals surface area contributed by atoms with Crippen LogP contribution in [0.5, 0.6) is 5.75 Å². The lowest BCUT2D eigenvalue weighted by molar-refractivity contribution is -0.139. The van der Waals surface area contributed by atoms with Gasteiger partial charge in [-0.1, -0.05) is 0 Å². The van der Waals surface area contributed by atoms with E-state index in [4.69, 9.17) is 10.5 Å². The zero-order chi connectivity index (χ0) is 13.2. The topological polar surface area (TPSA) is 48.1 Å². The Balaban J connectivity index is 2.17. The minimum atomic E-state index is -4.23. The van der Waals surface area contributed by atoms with Crippen molar-refractivity contribution in [1.29, 1.82) is 0 Å². The lowest BCUT2D eigenvalue weighted by Gasteiger charge is -2.12. The fourth-order valence-corrected chi connectivity index (χ4v) is 1.58. The number of hydrogen-bond donors (Lipinski definition) is 1. The van der Waals surface area contributed by atoms with E-state index in [1.807, 2.05) is 0 Å². The Morgan fingerprint density at radius 1 is 1.22 bits per heavy atom. The summed E-state index contributed by atoms with van der Waals surface area (Å²) in [7, 11) is 0. The zero-order valence-corrected chi connectivity index (χ0v) is 9.37. The van der Waals surface area contributed by atoms with Crippen LogP contribution in [0.4, 0.5) is 18.9 Å². The summed E-state index contributed by atoms with van der Waals surface area (Å²) < 4.78 is 41.0. The molecule has 1 aromatic heterocycles. The molecular weight excluding hydrogens is 245 g/mol. The van der Waals surface area contributed by atoms with Crippen molar-refractivity contribution in [3.05, 3.63) is 30.6 Å². The fraction of sp³-hybridized carbons (Fsp3) is 0.250. The van der Waals surface area contributed by atoms with Gasteiger partial charge in [0.25, 0.3) is 0 Å². The molecule has 0 amide bonds. The molecule has 0 aliphatic carbocycles. The van der Waals surface area contributed by atoms with Crippen LogP contribution in [0.2, 0.25) is 0 Å². The Morgan fingerprint density at radius 2 is 2.00 bits per heavy atom. The monoisotopic (exact) mass is 256 g/mol. The first-order valence-corrected chi connectivity index (χ1v) is 5.29. The molecule has 2 aromatic rings. The summed E-state index contributed by atoms with van der Waals surface area (Å²) in [6.45, 7) is -0.440. The predicted molar refractivity (Wildman–Crippen MR) is 62.3 cm³/mol. The second-order valence-corrected chi connectivity index (χ2v) is 3.79. The molecule has 96 valence electrons. The fourth-order valence-electron chi connectivity index (χ4n) is 1.58. The van der Waals surface area contributed by atoms with Crippen LogP contribution in [-0.2, 0) is 0 Å². The van der Waals surface area contributed by atoms with E-state index in [0.717, 1.165) is 10.8 Å². The van der Waals surface area contributed by atoms with Crippen molar-refractivity contribution in [3.63, 3.8) is 0 Å². The quantitative estimate of drug-likeness (QED) is 0.858. The third kappa shape index (κ3) is 2.82. The highest BCUT2D eigenvalue weighted by Gasteiger charge is 2.27. The number of benzene rings is 1. The van der Waals surface area contributed by atoms with E-state index in [1.54, 1.807) is 30.6 Å². The number of nitrogen functional groups attached to an aromatic ring is 1. The SMILES string of the molecule is Nc1c(OCCC(F)(F)F)ccc2cnccc12. The Bertz CT molecular complexity index is 555. The minimum absolute atomic E-state index is 0.262. The number of pyridine rings is 1. The van der Waals surface area contributed by atoms with Crippen molar-refractivity contribution < 1.29 is 17.9 Å². The summed E-state index contributed by atoms with van der Waals surface area (Å²) in [6, 6.07) is 4.96. The van der Waals surface area contributed by atoms with Gasteiger partial charge in [-0.3, -0.25) is 4.98 Å². The van der Waals surface area contributed by atoms with Crippen LogP contribution >= 0.6 is 0 Å².